The van der Waals surface area contributed by atoms with Crippen LogP contribution >= 0.6 is 23.7 Å². The van der Waals surface area contributed by atoms with Crippen molar-refractivity contribution in [3.05, 3.63) is 46.2 Å². The van der Waals surface area contributed by atoms with Gasteiger partial charge in [0.2, 0.25) is 5.13 Å². The van der Waals surface area contributed by atoms with Crippen molar-refractivity contribution < 1.29 is 0 Å². The number of benzene rings is 1. The molecule has 0 saturated carbocycles. The van der Waals surface area contributed by atoms with Gasteiger partial charge in [0.15, 0.2) is 5.69 Å². The zero-order valence-electron chi connectivity index (χ0n) is 9.98. The molecule has 1 aromatic heterocycles. The van der Waals surface area contributed by atoms with Crippen LogP contribution in [0, 0.1) is 0 Å². The number of thiazole rings is 1. The van der Waals surface area contributed by atoms with Crippen molar-refractivity contribution in [1.29, 1.82) is 0 Å². The Labute approximate surface area is 122 Å². The van der Waals surface area contributed by atoms with Gasteiger partial charge in [-0.05, 0) is 6.07 Å². The second kappa shape index (κ2) is 4.69. The molecule has 0 spiro atoms. The molecule has 0 bridgehead atoms. The van der Waals surface area contributed by atoms with Crippen LogP contribution in [0.25, 0.3) is 27.4 Å². The zero-order chi connectivity index (χ0) is 12.8. The van der Waals surface area contributed by atoms with E-state index in [0.717, 1.165) is 10.9 Å². The molecule has 6 nitrogen and oxygen atoms in total. The summed E-state index contributed by atoms with van der Waals surface area (Å²) in [4.78, 5) is 16.4. The van der Waals surface area contributed by atoms with Crippen LogP contribution in [0.2, 0.25) is 0 Å². The van der Waals surface area contributed by atoms with E-state index in [1.807, 2.05) is 24.3 Å². The molecule has 0 fully saturated rings. The molecule has 0 aliphatic carbocycles. The van der Waals surface area contributed by atoms with Gasteiger partial charge in [-0.1, -0.05) is 18.2 Å². The summed E-state index contributed by atoms with van der Waals surface area (Å²) in [6.07, 6.45) is 1.64. The third kappa shape index (κ3) is 1.71. The fourth-order valence-electron chi connectivity index (χ4n) is 2.03. The van der Waals surface area contributed by atoms with E-state index in [4.69, 9.17) is 0 Å². The predicted molar refractivity (Wildman–Crippen MR) is 79.0 cm³/mol. The summed E-state index contributed by atoms with van der Waals surface area (Å²) in [5, 5.41) is 14.5. The van der Waals surface area contributed by atoms with Crippen molar-refractivity contribution in [2.45, 2.75) is 0 Å². The number of para-hydroxylation sites is 1. The van der Waals surface area contributed by atoms with E-state index in [1.165, 1.54) is 16.0 Å². The number of hydrogen-bond donors (Lipinski definition) is 1. The minimum atomic E-state index is -0.257. The van der Waals surface area contributed by atoms with Gasteiger partial charge < -0.3 is 0 Å². The lowest BCUT2D eigenvalue weighted by Crippen LogP contribution is -2.15. The van der Waals surface area contributed by atoms with Gasteiger partial charge in [0.25, 0.3) is 0 Å². The molecule has 2 aliphatic rings. The largest absolute Gasteiger partial charge is 0.303 e. The molecular weight excluding hydrogens is 298 g/mol. The Balaban J connectivity index is 0.00000121. The minimum Gasteiger partial charge on any atom is -0.277 e. The molecule has 0 saturated heterocycles. The van der Waals surface area contributed by atoms with Gasteiger partial charge in [-0.3, -0.25) is 9.89 Å². The summed E-state index contributed by atoms with van der Waals surface area (Å²) in [5.41, 5.74) is 1.51. The lowest BCUT2D eigenvalue weighted by molar-refractivity contribution is 0.848. The molecule has 0 radical (unpaired) electrons. The summed E-state index contributed by atoms with van der Waals surface area (Å²) in [6, 6.07) is 7.62. The van der Waals surface area contributed by atoms with Gasteiger partial charge in [0.1, 0.15) is 5.69 Å². The molecule has 0 amide bonds. The Kier molecular flexibility index (Phi) is 3.00. The smallest absolute Gasteiger partial charge is 0.277 e. The van der Waals surface area contributed by atoms with Crippen molar-refractivity contribution >= 4 is 34.6 Å². The molecule has 1 N–H and O–H groups in total. The highest BCUT2D eigenvalue weighted by Gasteiger charge is 2.21. The molecule has 20 heavy (non-hydrogen) atoms. The molecule has 2 aliphatic heterocycles. The lowest BCUT2D eigenvalue weighted by Gasteiger charge is -1.99. The first-order chi connectivity index (χ1) is 9.34. The molecular formula is C12H8ClN5OS. The van der Waals surface area contributed by atoms with E-state index in [2.05, 4.69) is 20.3 Å². The Morgan fingerprint density at radius 2 is 2.05 bits per heavy atom. The SMILES string of the molecule is Cl.O=c1c2n[nH]c3ccccc3c-2nn1-c1nccs1. The van der Waals surface area contributed by atoms with E-state index in [0.29, 0.717) is 16.5 Å². The van der Waals surface area contributed by atoms with Gasteiger partial charge in [-0.15, -0.1) is 23.7 Å². The van der Waals surface area contributed by atoms with Crippen LogP contribution < -0.4 is 5.56 Å². The molecule has 0 atom stereocenters. The molecule has 4 rings (SSSR count). The predicted octanol–water partition coefficient (Wildman–Crippen LogP) is 2.09. The van der Waals surface area contributed by atoms with Crippen molar-refractivity contribution in [3.63, 3.8) is 0 Å². The number of halogens is 1. The van der Waals surface area contributed by atoms with E-state index < -0.39 is 0 Å². The van der Waals surface area contributed by atoms with Crippen LogP contribution in [0.1, 0.15) is 0 Å². The van der Waals surface area contributed by atoms with Gasteiger partial charge in [-0.25, -0.2) is 4.98 Å². The highest BCUT2D eigenvalue weighted by atomic mass is 35.5. The van der Waals surface area contributed by atoms with Gasteiger partial charge in [0, 0.05) is 17.0 Å². The van der Waals surface area contributed by atoms with E-state index in [1.54, 1.807) is 11.6 Å². The molecule has 0 unspecified atom stereocenters. The summed E-state index contributed by atoms with van der Waals surface area (Å²) < 4.78 is 1.29. The monoisotopic (exact) mass is 305 g/mol. The standard InChI is InChI=1S/C12H7N5OS.ClH/c18-11-10-9(16-17(11)12-13-5-6-19-12)7-3-1-2-4-8(7)14-15-10;/h1-6,14H;1H. The average molecular weight is 306 g/mol. The first kappa shape index (κ1) is 12.8. The number of H-pyrrole nitrogens is 1. The number of rotatable bonds is 1. The van der Waals surface area contributed by atoms with Crippen molar-refractivity contribution in [1.82, 2.24) is 25.0 Å². The Morgan fingerprint density at radius 1 is 1.20 bits per heavy atom. The quantitative estimate of drug-likeness (QED) is 0.584. The third-order valence-electron chi connectivity index (χ3n) is 2.89. The van der Waals surface area contributed by atoms with Crippen molar-refractivity contribution in [3.8, 4) is 16.5 Å². The van der Waals surface area contributed by atoms with Crippen LogP contribution in [0.3, 0.4) is 0 Å². The van der Waals surface area contributed by atoms with E-state index in [-0.39, 0.29) is 18.0 Å². The molecule has 2 aromatic rings. The number of hydrogen-bond acceptors (Lipinski definition) is 5. The molecule has 100 valence electrons. The number of aromatic nitrogens is 5. The topological polar surface area (TPSA) is 76.5 Å². The van der Waals surface area contributed by atoms with Crippen LogP contribution in [0.4, 0.5) is 0 Å². The van der Waals surface area contributed by atoms with Gasteiger partial charge in [0.05, 0.1) is 5.52 Å². The minimum absolute atomic E-state index is 0. The van der Waals surface area contributed by atoms with Crippen LogP contribution in [0.5, 0.6) is 0 Å². The fourth-order valence-corrected chi connectivity index (χ4v) is 2.62. The Bertz CT molecular complexity index is 898. The first-order valence-corrected chi connectivity index (χ1v) is 6.48. The van der Waals surface area contributed by atoms with Crippen molar-refractivity contribution in [2.24, 2.45) is 0 Å². The van der Waals surface area contributed by atoms with E-state index >= 15 is 0 Å². The van der Waals surface area contributed by atoms with Gasteiger partial charge in [-0.2, -0.15) is 14.9 Å². The third-order valence-corrected chi connectivity index (χ3v) is 3.64. The maximum absolute atomic E-state index is 12.3. The van der Waals surface area contributed by atoms with Crippen molar-refractivity contribution in [2.75, 3.05) is 0 Å². The van der Waals surface area contributed by atoms with E-state index in [9.17, 15) is 4.79 Å². The Hall–Kier alpha value is -2.25. The molecule has 3 heterocycles. The maximum atomic E-state index is 12.3. The normalized spacial score (nSPS) is 10.8. The summed E-state index contributed by atoms with van der Waals surface area (Å²) in [5.74, 6) is 0. The highest BCUT2D eigenvalue weighted by molar-refractivity contribution is 7.12. The molecule has 8 heteroatoms. The first-order valence-electron chi connectivity index (χ1n) is 5.60. The highest BCUT2D eigenvalue weighted by Crippen LogP contribution is 2.23. The summed E-state index contributed by atoms with van der Waals surface area (Å²) in [7, 11) is 0. The maximum Gasteiger partial charge on any atom is 0.303 e. The second-order valence-electron chi connectivity index (χ2n) is 4.00. The summed E-state index contributed by atoms with van der Waals surface area (Å²) >= 11 is 1.36. The van der Waals surface area contributed by atoms with Gasteiger partial charge >= 0.3 is 5.56 Å². The fraction of sp³-hybridized carbons (Fsp3) is 0. The van der Waals surface area contributed by atoms with Crippen LogP contribution in [-0.4, -0.2) is 25.0 Å². The lowest BCUT2D eigenvalue weighted by atomic mass is 10.1. The average Bonchev–Trinajstić information content (AvgIpc) is 3.07. The summed E-state index contributed by atoms with van der Waals surface area (Å²) in [6.45, 7) is 0. The number of fused-ring (bicyclic) bond motifs is 3. The molecule has 1 aromatic carbocycles. The van der Waals surface area contributed by atoms with Crippen LogP contribution in [-0.2, 0) is 0 Å². The van der Waals surface area contributed by atoms with Crippen LogP contribution in [0.15, 0.2) is 40.6 Å². The Morgan fingerprint density at radius 3 is 2.85 bits per heavy atom. The number of aromatic amines is 1. The number of nitrogens with one attached hydrogen (secondary N) is 1. The second-order valence-corrected chi connectivity index (χ2v) is 4.87. The number of nitrogens with zero attached hydrogens (tertiary/aromatic N) is 4. The zero-order valence-corrected chi connectivity index (χ0v) is 11.6.